The van der Waals surface area contributed by atoms with Crippen LogP contribution < -0.4 is 10.1 Å². The number of amides is 1. The van der Waals surface area contributed by atoms with Crippen LogP contribution in [0.15, 0.2) is 41.2 Å². The number of rotatable bonds is 4. The number of aromatic hydroxyl groups is 3. The van der Waals surface area contributed by atoms with Crippen molar-refractivity contribution in [1.29, 1.82) is 0 Å². The van der Waals surface area contributed by atoms with Crippen LogP contribution in [0.3, 0.4) is 0 Å². The van der Waals surface area contributed by atoms with Crippen LogP contribution in [0.1, 0.15) is 63.0 Å². The lowest BCUT2D eigenvalue weighted by Gasteiger charge is -2.36. The second kappa shape index (κ2) is 17.8. The quantitative estimate of drug-likeness (QED) is 0.112. The fraction of sp³-hybridized carbons (Fsp3) is 0.500. The zero-order valence-corrected chi connectivity index (χ0v) is 34.7. The fourth-order valence-electron chi connectivity index (χ4n) is 7.57. The predicted molar refractivity (Wildman–Crippen MR) is 216 cm³/mol. The van der Waals surface area contributed by atoms with Crippen molar-refractivity contribution in [3.8, 4) is 23.0 Å². The molecule has 6 rings (SSSR count). The van der Waals surface area contributed by atoms with Crippen LogP contribution in [0.25, 0.3) is 10.8 Å². The number of methoxy groups -OCH3 is 1. The van der Waals surface area contributed by atoms with Gasteiger partial charge in [0.05, 0.1) is 46.9 Å². The van der Waals surface area contributed by atoms with Gasteiger partial charge in [-0.3, -0.25) is 24.2 Å². The van der Waals surface area contributed by atoms with Crippen LogP contribution in [0, 0.1) is 24.7 Å². The molecule has 1 fully saturated rings. The van der Waals surface area contributed by atoms with E-state index in [2.05, 4.69) is 15.3 Å². The molecule has 0 radical (unpaired) electrons. The molecule has 17 heteroatoms. The van der Waals surface area contributed by atoms with Gasteiger partial charge in [-0.15, -0.1) is 0 Å². The third kappa shape index (κ3) is 8.78. The van der Waals surface area contributed by atoms with Crippen molar-refractivity contribution in [2.45, 2.75) is 78.7 Å². The lowest BCUT2D eigenvalue weighted by molar-refractivity contribution is -0.160. The van der Waals surface area contributed by atoms with Gasteiger partial charge in [-0.2, -0.15) is 5.10 Å². The van der Waals surface area contributed by atoms with Gasteiger partial charge in [-0.05, 0) is 33.0 Å². The number of benzene rings is 2. The normalized spacial score (nSPS) is 30.8. The Labute approximate surface area is 342 Å². The first-order chi connectivity index (χ1) is 27.7. The maximum Gasteiger partial charge on any atom is 0.312 e. The number of phenolic OH excluding ortho intramolecular Hbond substituents is 3. The molecule has 2 aromatic carbocycles. The molecule has 4 aliphatic rings. The maximum atomic E-state index is 14.4. The van der Waals surface area contributed by atoms with Crippen LogP contribution >= 0.6 is 0 Å². The van der Waals surface area contributed by atoms with Crippen LogP contribution in [-0.4, -0.2) is 136 Å². The second-order valence-electron chi connectivity index (χ2n) is 15.5. The number of aliphatic hydroxyl groups is 2. The predicted octanol–water partition coefficient (Wildman–Crippen LogP) is 3.27. The number of phenols is 3. The average Bonchev–Trinajstić information content (AvgIpc) is 3.46. The number of carbonyl (C=O) groups excluding carboxylic acids is 4. The first-order valence-corrected chi connectivity index (χ1v) is 19.3. The summed E-state index contributed by atoms with van der Waals surface area (Å²) in [5.74, 6) is -9.69. The minimum Gasteiger partial charge on any atom is -0.507 e. The number of likely N-dealkylation sites (N-methyl/N-ethyl adjacent to an activating group) is 1. The Balaban J connectivity index is 1.71. The van der Waals surface area contributed by atoms with E-state index in [1.165, 1.54) is 66.2 Å². The van der Waals surface area contributed by atoms with Gasteiger partial charge in [0.25, 0.3) is 11.7 Å². The molecule has 0 saturated carbocycles. The number of piperazine rings is 1. The Morgan fingerprint density at radius 1 is 0.983 bits per heavy atom. The van der Waals surface area contributed by atoms with Crippen molar-refractivity contribution in [2.75, 3.05) is 45.7 Å². The van der Waals surface area contributed by atoms with Crippen molar-refractivity contribution in [3.63, 3.8) is 0 Å². The number of fused-ring (bicyclic) bond motifs is 14. The monoisotopic (exact) mass is 822 g/mol. The lowest BCUT2D eigenvalue weighted by Crippen LogP contribution is -2.46. The minimum absolute atomic E-state index is 0.0252. The van der Waals surface area contributed by atoms with Gasteiger partial charge >= 0.3 is 11.8 Å². The molecule has 1 unspecified atom stereocenters. The molecule has 6 N–H and O–H groups in total. The Morgan fingerprint density at radius 2 is 1.64 bits per heavy atom. The SMILES string of the molecule is CO[C@H]1/C=C/O[C@@]2(C)Oc3c(C)c(O)c4c(O)c(c(/C=N/N5CCN(C)CC5)c(O)c4c3C2=O)NC(=O)/C(C)=C\C=C\C(O)C(=O)[C@@H](C)[C@@H](O)[C@@H](C)[C@H](OC(C)=O)[C@@H]1C. The van der Waals surface area contributed by atoms with Gasteiger partial charge in [-0.1, -0.05) is 32.9 Å². The first kappa shape index (κ1) is 44.6. The van der Waals surface area contributed by atoms with E-state index in [4.69, 9.17) is 18.9 Å². The van der Waals surface area contributed by atoms with Crippen LogP contribution in [0.4, 0.5) is 5.69 Å². The van der Waals surface area contributed by atoms with E-state index in [1.54, 1.807) is 18.9 Å². The zero-order valence-electron chi connectivity index (χ0n) is 34.7. The summed E-state index contributed by atoms with van der Waals surface area (Å²) in [4.78, 5) is 55.8. The van der Waals surface area contributed by atoms with Gasteiger partial charge in [-0.25, -0.2) is 0 Å². The number of allylic oxidation sites excluding steroid dienone is 2. The molecule has 0 aromatic heterocycles. The molecule has 2 aromatic rings. The Bertz CT molecular complexity index is 2120. The largest absolute Gasteiger partial charge is 0.507 e. The zero-order chi connectivity index (χ0) is 43.7. The summed E-state index contributed by atoms with van der Waals surface area (Å²) in [5.41, 5.74) is -0.667. The molecule has 0 aliphatic carbocycles. The summed E-state index contributed by atoms with van der Waals surface area (Å²) in [7, 11) is 3.36. The summed E-state index contributed by atoms with van der Waals surface area (Å²) in [6.45, 7) is 12.6. The summed E-state index contributed by atoms with van der Waals surface area (Å²) in [5, 5.41) is 65.8. The van der Waals surface area contributed by atoms with Gasteiger partial charge in [0.15, 0.2) is 11.5 Å². The molecule has 8 atom stereocenters. The highest BCUT2D eigenvalue weighted by Crippen LogP contribution is 2.55. The average molecular weight is 823 g/mol. The van der Waals surface area contributed by atoms with Crippen molar-refractivity contribution in [2.24, 2.45) is 22.9 Å². The van der Waals surface area contributed by atoms with Crippen molar-refractivity contribution in [1.82, 2.24) is 9.91 Å². The molecule has 320 valence electrons. The van der Waals surface area contributed by atoms with Gasteiger partial charge in [0.1, 0.15) is 29.5 Å². The number of anilines is 1. The number of ketones is 2. The van der Waals surface area contributed by atoms with Crippen molar-refractivity contribution in [3.05, 3.63) is 52.8 Å². The van der Waals surface area contributed by atoms with Gasteiger partial charge < -0.3 is 54.7 Å². The van der Waals surface area contributed by atoms with E-state index >= 15 is 0 Å². The molecular formula is C42H54N4O13. The van der Waals surface area contributed by atoms with Crippen LogP contribution in [0.5, 0.6) is 23.0 Å². The number of hydrogen-bond donors (Lipinski definition) is 6. The smallest absolute Gasteiger partial charge is 0.312 e. The number of nitrogens with one attached hydrogen (secondary N) is 1. The van der Waals surface area contributed by atoms with E-state index in [0.29, 0.717) is 26.2 Å². The molecule has 17 nitrogen and oxygen atoms in total. The standard InChI is InChI=1S/C42H54N4O13/c1-20-11-10-12-27(48)34(50)22(3)33(49)23(4)38(58-25(6)47)21(2)28(56-9)13-18-57-42(7)40(54)31-29-30(35(51)24(5)39(31)59-42)37(53)32(44-41(20)55)26(36(29)52)19-43-46-16-14-45(8)15-17-46/h10-13,18-19,21-23,27-28,33,38,48-49,51-53H,14-17H2,1-9H3,(H,44,55)/b12-10+,18-13+,20-11-,43-19+/t21-,22+,23-,27?,28+,33-,38-,42+/m1/s1. The Kier molecular flexibility index (Phi) is 13.4. The number of hydrazone groups is 1. The van der Waals surface area contributed by atoms with Crippen LogP contribution in [-0.2, 0) is 28.6 Å². The summed E-state index contributed by atoms with van der Waals surface area (Å²) in [6.07, 6.45) is 2.56. The number of ether oxygens (including phenoxy) is 4. The number of Topliss-reactive ketones (excluding diaryl/α,β-unsaturated/α-hetero) is 2. The second-order valence-corrected chi connectivity index (χ2v) is 15.5. The Morgan fingerprint density at radius 3 is 2.27 bits per heavy atom. The van der Waals surface area contributed by atoms with Crippen LogP contribution in [0.2, 0.25) is 0 Å². The van der Waals surface area contributed by atoms with E-state index in [-0.39, 0.29) is 44.5 Å². The lowest BCUT2D eigenvalue weighted by atomic mass is 9.80. The molecule has 1 saturated heterocycles. The van der Waals surface area contributed by atoms with Crippen molar-refractivity contribution >= 4 is 46.1 Å². The molecule has 4 aliphatic heterocycles. The molecule has 0 spiro atoms. The van der Waals surface area contributed by atoms with Gasteiger partial charge in [0, 0.05) is 81.4 Å². The Hall–Kier alpha value is -5.49. The molecule has 4 heterocycles. The summed E-state index contributed by atoms with van der Waals surface area (Å²) in [6, 6.07) is 0. The first-order valence-electron chi connectivity index (χ1n) is 19.3. The topological polar surface area (TPSA) is 237 Å². The van der Waals surface area contributed by atoms with Gasteiger partial charge in [0.2, 0.25) is 0 Å². The highest BCUT2D eigenvalue weighted by atomic mass is 16.7. The number of aliphatic hydroxyl groups excluding tert-OH is 2. The maximum absolute atomic E-state index is 14.4. The van der Waals surface area contributed by atoms with E-state index in [9.17, 15) is 44.7 Å². The number of carbonyl (C=O) groups is 4. The minimum atomic E-state index is -2.08. The highest BCUT2D eigenvalue weighted by molar-refractivity contribution is 6.23. The van der Waals surface area contributed by atoms with E-state index in [1.807, 2.05) is 7.05 Å². The summed E-state index contributed by atoms with van der Waals surface area (Å²) >= 11 is 0. The molecule has 59 heavy (non-hydrogen) atoms. The van der Waals surface area contributed by atoms with E-state index in [0.717, 1.165) is 12.3 Å². The number of hydrogen-bond acceptors (Lipinski definition) is 16. The summed E-state index contributed by atoms with van der Waals surface area (Å²) < 4.78 is 23.4. The fourth-order valence-corrected chi connectivity index (χ4v) is 7.57. The number of nitrogens with zero attached hydrogens (tertiary/aromatic N) is 3. The third-order valence-electron chi connectivity index (χ3n) is 11.4. The van der Waals surface area contributed by atoms with E-state index < -0.39 is 88.6 Å². The molecule has 5 bridgehead atoms. The highest BCUT2D eigenvalue weighted by Gasteiger charge is 2.50. The van der Waals surface area contributed by atoms with Crippen molar-refractivity contribution < 1.29 is 63.7 Å². The third-order valence-corrected chi connectivity index (χ3v) is 11.4. The molecule has 1 amide bonds. The number of esters is 1. The molecular weight excluding hydrogens is 768 g/mol.